The van der Waals surface area contributed by atoms with Gasteiger partial charge in [-0.15, -0.1) is 0 Å². The molecule has 6 heteroatoms. The number of rotatable bonds is 10. The van der Waals surface area contributed by atoms with Crippen LogP contribution >= 0.6 is 0 Å². The van der Waals surface area contributed by atoms with Gasteiger partial charge in [-0.2, -0.15) is 0 Å². The zero-order valence-corrected chi connectivity index (χ0v) is 16.7. The predicted octanol–water partition coefficient (Wildman–Crippen LogP) is 3.51. The standard InChI is InChI=1S/C22H28N2O4/c1-4-24(16-21(25)23-18-10-8-11-19(15-18)27-3)22(26)14-13-17-9-6-7-12-20(17)28-5-2/h6-12,15H,4-5,13-14,16H2,1-3H3,(H,23,25). The molecule has 6 nitrogen and oxygen atoms in total. The van der Waals surface area contributed by atoms with E-state index in [1.807, 2.05) is 38.1 Å². The van der Waals surface area contributed by atoms with Crippen molar-refractivity contribution in [2.45, 2.75) is 26.7 Å². The zero-order chi connectivity index (χ0) is 20.4. The minimum absolute atomic E-state index is 0.0135. The summed E-state index contributed by atoms with van der Waals surface area (Å²) in [6.45, 7) is 4.86. The fourth-order valence-electron chi connectivity index (χ4n) is 2.86. The topological polar surface area (TPSA) is 67.9 Å². The van der Waals surface area contributed by atoms with Crippen molar-refractivity contribution < 1.29 is 19.1 Å². The molecule has 0 spiro atoms. The number of aryl methyl sites for hydroxylation is 1. The first kappa shape index (κ1) is 21.3. The molecule has 1 N–H and O–H groups in total. The van der Waals surface area contributed by atoms with Crippen LogP contribution in [0.2, 0.25) is 0 Å². The Morgan fingerprint density at radius 2 is 1.86 bits per heavy atom. The van der Waals surface area contributed by atoms with E-state index < -0.39 is 0 Å². The van der Waals surface area contributed by atoms with E-state index in [2.05, 4.69) is 5.32 Å². The number of benzene rings is 2. The second-order valence-electron chi connectivity index (χ2n) is 6.23. The highest BCUT2D eigenvalue weighted by atomic mass is 16.5. The van der Waals surface area contributed by atoms with Gasteiger partial charge in [0.1, 0.15) is 11.5 Å². The first-order valence-electron chi connectivity index (χ1n) is 9.49. The van der Waals surface area contributed by atoms with Crippen LogP contribution < -0.4 is 14.8 Å². The quantitative estimate of drug-likeness (QED) is 0.681. The molecule has 0 fully saturated rings. The highest BCUT2D eigenvalue weighted by Crippen LogP contribution is 2.20. The van der Waals surface area contributed by atoms with Crippen molar-refractivity contribution in [3.63, 3.8) is 0 Å². The van der Waals surface area contributed by atoms with Gasteiger partial charge in [0.25, 0.3) is 0 Å². The van der Waals surface area contributed by atoms with Crippen LogP contribution in [0.25, 0.3) is 0 Å². The van der Waals surface area contributed by atoms with Crippen LogP contribution in [-0.2, 0) is 16.0 Å². The average Bonchev–Trinajstić information content (AvgIpc) is 2.71. The molecule has 28 heavy (non-hydrogen) atoms. The third kappa shape index (κ3) is 6.30. The van der Waals surface area contributed by atoms with Crippen molar-refractivity contribution in [3.05, 3.63) is 54.1 Å². The first-order chi connectivity index (χ1) is 13.6. The van der Waals surface area contributed by atoms with Gasteiger partial charge in [-0.05, 0) is 44.0 Å². The molecular formula is C22H28N2O4. The number of ether oxygens (including phenoxy) is 2. The van der Waals surface area contributed by atoms with Crippen molar-refractivity contribution >= 4 is 17.5 Å². The Labute approximate surface area is 166 Å². The Kier molecular flexibility index (Phi) is 8.34. The maximum Gasteiger partial charge on any atom is 0.243 e. The molecule has 0 aromatic heterocycles. The molecule has 2 rings (SSSR count). The minimum Gasteiger partial charge on any atom is -0.497 e. The Bertz CT molecular complexity index is 792. The molecule has 2 aromatic rings. The van der Waals surface area contributed by atoms with E-state index in [9.17, 15) is 9.59 Å². The number of amides is 2. The highest BCUT2D eigenvalue weighted by molar-refractivity contribution is 5.94. The number of carbonyl (C=O) groups excluding carboxylic acids is 2. The molecule has 0 bridgehead atoms. The molecule has 2 amide bonds. The van der Waals surface area contributed by atoms with E-state index in [1.54, 1.807) is 36.3 Å². The molecule has 0 unspecified atom stereocenters. The Balaban J connectivity index is 1.91. The lowest BCUT2D eigenvalue weighted by atomic mass is 10.1. The lowest BCUT2D eigenvalue weighted by Crippen LogP contribution is -2.38. The summed E-state index contributed by atoms with van der Waals surface area (Å²) in [4.78, 5) is 26.5. The van der Waals surface area contributed by atoms with Gasteiger partial charge < -0.3 is 19.7 Å². The van der Waals surface area contributed by atoms with E-state index in [0.29, 0.717) is 37.4 Å². The highest BCUT2D eigenvalue weighted by Gasteiger charge is 2.16. The lowest BCUT2D eigenvalue weighted by Gasteiger charge is -2.21. The van der Waals surface area contributed by atoms with Gasteiger partial charge >= 0.3 is 0 Å². The summed E-state index contributed by atoms with van der Waals surface area (Å²) in [7, 11) is 1.57. The Morgan fingerprint density at radius 3 is 2.57 bits per heavy atom. The summed E-state index contributed by atoms with van der Waals surface area (Å²) < 4.78 is 10.8. The molecule has 0 aliphatic rings. The maximum absolute atomic E-state index is 12.6. The van der Waals surface area contributed by atoms with Crippen LogP contribution in [0.3, 0.4) is 0 Å². The molecule has 0 aliphatic heterocycles. The van der Waals surface area contributed by atoms with Gasteiger partial charge in [0, 0.05) is 24.7 Å². The van der Waals surface area contributed by atoms with E-state index in [-0.39, 0.29) is 18.4 Å². The summed E-state index contributed by atoms with van der Waals surface area (Å²) in [5, 5.41) is 2.80. The summed E-state index contributed by atoms with van der Waals surface area (Å²) in [5.74, 6) is 1.17. The van der Waals surface area contributed by atoms with Gasteiger partial charge in [-0.1, -0.05) is 24.3 Å². The van der Waals surface area contributed by atoms with E-state index in [1.165, 1.54) is 0 Å². The summed E-state index contributed by atoms with van der Waals surface area (Å²) in [6, 6.07) is 14.8. The van der Waals surface area contributed by atoms with Gasteiger partial charge in [-0.3, -0.25) is 9.59 Å². The smallest absolute Gasteiger partial charge is 0.243 e. The van der Waals surface area contributed by atoms with Crippen LogP contribution in [0.5, 0.6) is 11.5 Å². The molecule has 0 saturated heterocycles. The Morgan fingerprint density at radius 1 is 1.07 bits per heavy atom. The number of para-hydroxylation sites is 1. The van der Waals surface area contributed by atoms with Crippen LogP contribution in [0.1, 0.15) is 25.8 Å². The normalized spacial score (nSPS) is 10.2. The van der Waals surface area contributed by atoms with Crippen molar-refractivity contribution in [1.82, 2.24) is 4.90 Å². The SMILES string of the molecule is CCOc1ccccc1CCC(=O)N(CC)CC(=O)Nc1cccc(OC)c1. The number of anilines is 1. The fraction of sp³-hybridized carbons (Fsp3) is 0.364. The van der Waals surface area contributed by atoms with Crippen LogP contribution in [-0.4, -0.2) is 43.5 Å². The van der Waals surface area contributed by atoms with E-state index in [0.717, 1.165) is 11.3 Å². The zero-order valence-electron chi connectivity index (χ0n) is 16.7. The van der Waals surface area contributed by atoms with Gasteiger partial charge in [0.05, 0.1) is 20.3 Å². The van der Waals surface area contributed by atoms with Crippen molar-refractivity contribution in [1.29, 1.82) is 0 Å². The summed E-state index contributed by atoms with van der Waals surface area (Å²) in [5.41, 5.74) is 1.63. The minimum atomic E-state index is -0.238. The number of methoxy groups -OCH3 is 1. The van der Waals surface area contributed by atoms with E-state index >= 15 is 0 Å². The Hall–Kier alpha value is -3.02. The van der Waals surface area contributed by atoms with Gasteiger partial charge in [-0.25, -0.2) is 0 Å². The number of nitrogens with zero attached hydrogens (tertiary/aromatic N) is 1. The molecular weight excluding hydrogens is 356 g/mol. The fourth-order valence-corrected chi connectivity index (χ4v) is 2.86. The molecule has 150 valence electrons. The second-order valence-corrected chi connectivity index (χ2v) is 6.23. The predicted molar refractivity (Wildman–Crippen MR) is 110 cm³/mol. The molecule has 0 radical (unpaired) electrons. The molecule has 0 saturated carbocycles. The number of hydrogen-bond donors (Lipinski definition) is 1. The number of hydrogen-bond acceptors (Lipinski definition) is 4. The molecule has 0 heterocycles. The largest absolute Gasteiger partial charge is 0.497 e. The number of likely N-dealkylation sites (N-methyl/N-ethyl adjacent to an activating group) is 1. The maximum atomic E-state index is 12.6. The van der Waals surface area contributed by atoms with Crippen LogP contribution in [0.15, 0.2) is 48.5 Å². The molecule has 0 atom stereocenters. The van der Waals surface area contributed by atoms with Crippen LogP contribution in [0, 0.1) is 0 Å². The van der Waals surface area contributed by atoms with Crippen molar-refractivity contribution in [3.8, 4) is 11.5 Å². The molecule has 0 aliphatic carbocycles. The summed E-state index contributed by atoms with van der Waals surface area (Å²) >= 11 is 0. The first-order valence-corrected chi connectivity index (χ1v) is 9.49. The van der Waals surface area contributed by atoms with Crippen molar-refractivity contribution in [2.24, 2.45) is 0 Å². The van der Waals surface area contributed by atoms with Gasteiger partial charge in [0.2, 0.25) is 11.8 Å². The summed E-state index contributed by atoms with van der Waals surface area (Å²) in [6.07, 6.45) is 0.896. The van der Waals surface area contributed by atoms with Gasteiger partial charge in [0.15, 0.2) is 0 Å². The van der Waals surface area contributed by atoms with Crippen molar-refractivity contribution in [2.75, 3.05) is 32.1 Å². The molecule has 2 aromatic carbocycles. The number of nitrogens with one attached hydrogen (secondary N) is 1. The monoisotopic (exact) mass is 384 g/mol. The third-order valence-corrected chi connectivity index (χ3v) is 4.30. The van der Waals surface area contributed by atoms with E-state index in [4.69, 9.17) is 9.47 Å². The lowest BCUT2D eigenvalue weighted by molar-refractivity contribution is -0.134. The van der Waals surface area contributed by atoms with Crippen LogP contribution in [0.4, 0.5) is 5.69 Å². The third-order valence-electron chi connectivity index (χ3n) is 4.30. The number of carbonyl (C=O) groups is 2. The average molecular weight is 384 g/mol. The second kappa shape index (κ2) is 11.0.